The van der Waals surface area contributed by atoms with Gasteiger partial charge in [-0.1, -0.05) is 41.4 Å². The fourth-order valence-electron chi connectivity index (χ4n) is 2.33. The van der Waals surface area contributed by atoms with Gasteiger partial charge in [0.25, 0.3) is 5.91 Å². The van der Waals surface area contributed by atoms with E-state index in [1.165, 1.54) is 29.5 Å². The highest BCUT2D eigenvalue weighted by atomic mass is 35.5. The van der Waals surface area contributed by atoms with Gasteiger partial charge in [0, 0.05) is 30.9 Å². The second-order valence-electron chi connectivity index (χ2n) is 5.51. The van der Waals surface area contributed by atoms with Gasteiger partial charge >= 0.3 is 5.97 Å². The van der Waals surface area contributed by atoms with Crippen molar-refractivity contribution in [3.8, 4) is 10.4 Å². The van der Waals surface area contributed by atoms with Crippen LogP contribution in [0.2, 0.25) is 10.0 Å². The van der Waals surface area contributed by atoms with E-state index in [1.807, 2.05) is 24.3 Å². The third kappa shape index (κ3) is 4.77. The zero-order valence-corrected chi connectivity index (χ0v) is 16.1. The first kappa shape index (κ1) is 19.2. The number of rotatable bonds is 5. The molecule has 0 aliphatic carbocycles. The highest BCUT2D eigenvalue weighted by Crippen LogP contribution is 2.33. The maximum absolute atomic E-state index is 12.3. The van der Waals surface area contributed by atoms with Crippen molar-refractivity contribution < 1.29 is 14.7 Å². The van der Waals surface area contributed by atoms with E-state index < -0.39 is 11.9 Å². The Morgan fingerprint density at radius 2 is 1.67 bits per heavy atom. The summed E-state index contributed by atoms with van der Waals surface area (Å²) < 4.78 is 0. The number of hydrogen-bond acceptors (Lipinski definition) is 3. The lowest BCUT2D eigenvalue weighted by atomic mass is 10.2. The lowest BCUT2D eigenvalue weighted by molar-refractivity contribution is -0.132. The predicted octanol–water partition coefficient (Wildman–Crippen LogP) is 5.58. The van der Waals surface area contributed by atoms with Crippen LogP contribution in [-0.4, -0.2) is 17.0 Å². The molecule has 1 amide bonds. The third-order valence-corrected chi connectivity index (χ3v) is 5.28. The Morgan fingerprint density at radius 3 is 2.33 bits per heavy atom. The second kappa shape index (κ2) is 8.39. The number of nitrogens with one attached hydrogen (secondary N) is 1. The van der Waals surface area contributed by atoms with Gasteiger partial charge in [-0.3, -0.25) is 4.79 Å². The Balaban J connectivity index is 1.84. The summed E-state index contributed by atoms with van der Waals surface area (Å²) in [6, 6.07) is 17.2. The molecule has 0 atom stereocenters. The number of carbonyl (C=O) groups is 2. The van der Waals surface area contributed by atoms with Crippen LogP contribution in [0.25, 0.3) is 16.5 Å². The van der Waals surface area contributed by atoms with E-state index in [9.17, 15) is 14.7 Å². The minimum absolute atomic E-state index is 0.220. The molecular weight excluding hydrogens is 405 g/mol. The monoisotopic (exact) mass is 417 g/mol. The molecule has 0 saturated heterocycles. The molecule has 2 N–H and O–H groups in total. The molecular formula is C20H13Cl2NO3S. The average Bonchev–Trinajstić information content (AvgIpc) is 3.10. The zero-order valence-electron chi connectivity index (χ0n) is 13.8. The van der Waals surface area contributed by atoms with E-state index in [4.69, 9.17) is 23.2 Å². The van der Waals surface area contributed by atoms with E-state index in [1.54, 1.807) is 24.3 Å². The molecule has 27 heavy (non-hydrogen) atoms. The second-order valence-corrected chi connectivity index (χ2v) is 7.47. The van der Waals surface area contributed by atoms with E-state index in [-0.39, 0.29) is 5.70 Å². The molecule has 0 unspecified atom stereocenters. The van der Waals surface area contributed by atoms with Crippen molar-refractivity contribution in [1.82, 2.24) is 5.32 Å². The van der Waals surface area contributed by atoms with Crippen LogP contribution in [0.4, 0.5) is 0 Å². The summed E-state index contributed by atoms with van der Waals surface area (Å²) in [7, 11) is 0. The molecule has 1 heterocycles. The van der Waals surface area contributed by atoms with Gasteiger partial charge in [-0.2, -0.15) is 0 Å². The highest BCUT2D eigenvalue weighted by Gasteiger charge is 2.14. The van der Waals surface area contributed by atoms with Gasteiger partial charge in [0.2, 0.25) is 0 Å². The molecule has 0 saturated carbocycles. The summed E-state index contributed by atoms with van der Waals surface area (Å²) in [6.07, 6.45) is 1.42. The fourth-order valence-corrected chi connectivity index (χ4v) is 3.74. The van der Waals surface area contributed by atoms with Crippen LogP contribution in [-0.2, 0) is 4.79 Å². The topological polar surface area (TPSA) is 66.4 Å². The molecule has 3 aromatic rings. The van der Waals surface area contributed by atoms with E-state index in [0.29, 0.717) is 20.5 Å². The molecule has 4 nitrogen and oxygen atoms in total. The maximum Gasteiger partial charge on any atom is 0.352 e. The number of carboxylic acids is 1. The summed E-state index contributed by atoms with van der Waals surface area (Å²) in [6.45, 7) is 0. The Labute approximate surface area is 169 Å². The molecule has 0 spiro atoms. The molecule has 0 aliphatic heterocycles. The normalized spacial score (nSPS) is 11.3. The molecule has 0 fully saturated rings. The van der Waals surface area contributed by atoms with Crippen molar-refractivity contribution >= 4 is 52.5 Å². The molecule has 0 aliphatic rings. The summed E-state index contributed by atoms with van der Waals surface area (Å²) in [5.74, 6) is -1.76. The van der Waals surface area contributed by atoms with Gasteiger partial charge in [0.05, 0.1) is 0 Å². The number of thiophene rings is 1. The summed E-state index contributed by atoms with van der Waals surface area (Å²) in [5, 5.41) is 13.0. The fraction of sp³-hybridized carbons (Fsp3) is 0. The first-order chi connectivity index (χ1) is 12.9. The molecule has 0 bridgehead atoms. The Morgan fingerprint density at radius 1 is 0.963 bits per heavy atom. The largest absolute Gasteiger partial charge is 0.477 e. The average molecular weight is 418 g/mol. The zero-order chi connectivity index (χ0) is 19.4. The lowest BCUT2D eigenvalue weighted by Crippen LogP contribution is -2.27. The number of aliphatic carboxylic acids is 1. The van der Waals surface area contributed by atoms with Crippen LogP contribution in [0.1, 0.15) is 15.2 Å². The SMILES string of the molecule is O=C(O)/C(=C/c1ccc(-c2ccccc2Cl)s1)NC(=O)c1ccc(Cl)cc1. The standard InChI is InChI=1S/C20H13Cl2NO3S/c21-13-7-5-12(6-8-13)19(24)23-17(20(25)26)11-14-9-10-18(27-14)15-3-1-2-4-16(15)22/h1-11H,(H,23,24)(H,25,26)/b17-11-. The summed E-state index contributed by atoms with van der Waals surface area (Å²) in [5.41, 5.74) is 0.961. The summed E-state index contributed by atoms with van der Waals surface area (Å²) >= 11 is 13.4. The first-order valence-corrected chi connectivity index (χ1v) is 9.38. The minimum atomic E-state index is -1.23. The number of carbonyl (C=O) groups excluding carboxylic acids is 1. The molecule has 7 heteroatoms. The number of amides is 1. The van der Waals surface area contributed by atoms with Gasteiger partial charge in [-0.05, 0) is 48.5 Å². The van der Waals surface area contributed by atoms with Gasteiger partial charge in [0.15, 0.2) is 0 Å². The molecule has 2 aromatic carbocycles. The number of hydrogen-bond donors (Lipinski definition) is 2. The Hall–Kier alpha value is -2.60. The maximum atomic E-state index is 12.3. The van der Waals surface area contributed by atoms with E-state index in [0.717, 1.165) is 10.4 Å². The summed E-state index contributed by atoms with van der Waals surface area (Å²) in [4.78, 5) is 25.4. The lowest BCUT2D eigenvalue weighted by Gasteiger charge is -2.06. The van der Waals surface area contributed by atoms with E-state index in [2.05, 4.69) is 5.32 Å². The molecule has 1 aromatic heterocycles. The van der Waals surface area contributed by atoms with E-state index >= 15 is 0 Å². The third-order valence-electron chi connectivity index (χ3n) is 3.64. The minimum Gasteiger partial charge on any atom is -0.477 e. The number of benzene rings is 2. The Bertz CT molecular complexity index is 1030. The van der Waals surface area contributed by atoms with Crippen molar-refractivity contribution in [2.24, 2.45) is 0 Å². The van der Waals surface area contributed by atoms with Crippen molar-refractivity contribution in [3.05, 3.63) is 86.8 Å². The molecule has 0 radical (unpaired) electrons. The van der Waals surface area contributed by atoms with Gasteiger partial charge in [-0.25, -0.2) is 4.79 Å². The molecule has 136 valence electrons. The smallest absolute Gasteiger partial charge is 0.352 e. The highest BCUT2D eigenvalue weighted by molar-refractivity contribution is 7.16. The number of halogens is 2. The van der Waals surface area contributed by atoms with Crippen molar-refractivity contribution in [1.29, 1.82) is 0 Å². The van der Waals surface area contributed by atoms with Crippen molar-refractivity contribution in [2.75, 3.05) is 0 Å². The van der Waals surface area contributed by atoms with Gasteiger partial charge < -0.3 is 10.4 Å². The van der Waals surface area contributed by atoms with Crippen LogP contribution in [0.3, 0.4) is 0 Å². The first-order valence-electron chi connectivity index (χ1n) is 7.80. The van der Waals surface area contributed by atoms with Crippen LogP contribution < -0.4 is 5.32 Å². The van der Waals surface area contributed by atoms with Crippen molar-refractivity contribution in [2.45, 2.75) is 0 Å². The Kier molecular flexibility index (Phi) is 5.96. The van der Waals surface area contributed by atoms with Crippen molar-refractivity contribution in [3.63, 3.8) is 0 Å². The predicted molar refractivity (Wildman–Crippen MR) is 109 cm³/mol. The number of carboxylic acid groups (broad SMARTS) is 1. The van der Waals surface area contributed by atoms with Crippen LogP contribution in [0.5, 0.6) is 0 Å². The molecule has 3 rings (SSSR count). The van der Waals surface area contributed by atoms with Gasteiger partial charge in [0.1, 0.15) is 5.70 Å². The van der Waals surface area contributed by atoms with Crippen LogP contribution >= 0.6 is 34.5 Å². The van der Waals surface area contributed by atoms with Crippen LogP contribution in [0.15, 0.2) is 66.4 Å². The quantitative estimate of drug-likeness (QED) is 0.532. The van der Waals surface area contributed by atoms with Gasteiger partial charge in [-0.15, -0.1) is 11.3 Å². The van der Waals surface area contributed by atoms with Crippen LogP contribution in [0, 0.1) is 0 Å².